The predicted molar refractivity (Wildman–Crippen MR) is 141 cm³/mol. The molecule has 2 saturated carbocycles. The molecule has 1 N–H and O–H groups in total. The summed E-state index contributed by atoms with van der Waals surface area (Å²) in [5.74, 6) is 0.981. The van der Waals surface area contributed by atoms with Gasteiger partial charge in [0.25, 0.3) is 0 Å². The minimum Gasteiger partial charge on any atom is -0.491 e. The molecule has 0 radical (unpaired) electrons. The number of hydrogen-bond acceptors (Lipinski definition) is 6. The molecule has 0 atom stereocenters. The fourth-order valence-corrected chi connectivity index (χ4v) is 6.42. The van der Waals surface area contributed by atoms with Crippen molar-refractivity contribution >= 4 is 17.8 Å². The number of carbonyl (C=O) groups is 2. The second-order valence-corrected chi connectivity index (χ2v) is 11.1. The minimum absolute atomic E-state index is 0.00752. The highest BCUT2D eigenvalue weighted by Gasteiger charge is 2.55. The number of rotatable bonds is 8. The van der Waals surface area contributed by atoms with E-state index in [4.69, 9.17) is 4.74 Å². The molecule has 5 rings (SSSR count). The maximum atomic E-state index is 13.7. The first-order valence-electron chi connectivity index (χ1n) is 13.3. The van der Waals surface area contributed by atoms with Gasteiger partial charge < -0.3 is 19.9 Å². The number of methoxy groups -OCH3 is 1. The molecular weight excluding hydrogens is 468 g/mol. The Morgan fingerprint density at radius 2 is 1.89 bits per heavy atom. The number of nitrogens with zero attached hydrogens (tertiary/aromatic N) is 5. The molecule has 3 fully saturated rings. The minimum atomic E-state index is -0.284. The lowest BCUT2D eigenvalue weighted by Crippen LogP contribution is -2.56. The van der Waals surface area contributed by atoms with E-state index in [1.54, 1.807) is 4.90 Å². The van der Waals surface area contributed by atoms with Gasteiger partial charge in [-0.2, -0.15) is 0 Å². The lowest BCUT2D eigenvalue weighted by molar-refractivity contribution is -0.116. The summed E-state index contributed by atoms with van der Waals surface area (Å²) in [5, 5.41) is 2.79. The number of anilines is 1. The molecular formula is C28H38N6O3. The number of amides is 3. The van der Waals surface area contributed by atoms with Crippen molar-refractivity contribution in [3.05, 3.63) is 48.4 Å². The van der Waals surface area contributed by atoms with Gasteiger partial charge in [-0.25, -0.2) is 14.8 Å². The van der Waals surface area contributed by atoms with Gasteiger partial charge in [0, 0.05) is 18.6 Å². The standard InChI is InChI=1S/C28H38N6O3/c1-32(2)28(22-10-5-4-6-11-22)14-12-27(13-15-28)19-33(26(36)34(27)17-21-8-7-9-21)18-24(35)31-25-23(37-3)16-29-20-30-25/h4-6,10-11,16,20-21H,7-9,12-15,17-19H2,1-3H3,(H,29,30,31,35)/t27-,28+. The van der Waals surface area contributed by atoms with Crippen LogP contribution in [0.15, 0.2) is 42.9 Å². The molecule has 2 heterocycles. The van der Waals surface area contributed by atoms with Crippen molar-refractivity contribution in [2.24, 2.45) is 5.92 Å². The Labute approximate surface area is 219 Å². The topological polar surface area (TPSA) is 90.9 Å². The van der Waals surface area contributed by atoms with Crippen LogP contribution in [0.1, 0.15) is 50.5 Å². The monoisotopic (exact) mass is 506 g/mol. The quantitative estimate of drug-likeness (QED) is 0.587. The van der Waals surface area contributed by atoms with Crippen LogP contribution in [0.2, 0.25) is 0 Å². The Morgan fingerprint density at radius 3 is 2.51 bits per heavy atom. The summed E-state index contributed by atoms with van der Waals surface area (Å²) in [6, 6.07) is 10.7. The lowest BCUT2D eigenvalue weighted by Gasteiger charge is -2.51. The van der Waals surface area contributed by atoms with Crippen LogP contribution in [0.3, 0.4) is 0 Å². The van der Waals surface area contributed by atoms with Gasteiger partial charge in [0.15, 0.2) is 11.6 Å². The van der Waals surface area contributed by atoms with E-state index in [2.05, 4.69) is 69.5 Å². The van der Waals surface area contributed by atoms with Crippen LogP contribution < -0.4 is 10.1 Å². The van der Waals surface area contributed by atoms with Crippen molar-refractivity contribution in [1.82, 2.24) is 24.7 Å². The number of aromatic nitrogens is 2. The molecule has 0 bridgehead atoms. The van der Waals surface area contributed by atoms with Gasteiger partial charge in [0.05, 0.1) is 18.8 Å². The molecule has 37 heavy (non-hydrogen) atoms. The summed E-state index contributed by atoms with van der Waals surface area (Å²) < 4.78 is 5.25. The highest BCUT2D eigenvalue weighted by molar-refractivity contribution is 5.95. The van der Waals surface area contributed by atoms with Crippen molar-refractivity contribution in [3.63, 3.8) is 0 Å². The second kappa shape index (κ2) is 10.3. The van der Waals surface area contributed by atoms with E-state index in [9.17, 15) is 9.59 Å². The average molecular weight is 507 g/mol. The summed E-state index contributed by atoms with van der Waals surface area (Å²) in [5.41, 5.74) is 1.04. The summed E-state index contributed by atoms with van der Waals surface area (Å²) in [6.07, 6.45) is 10.2. The molecule has 3 aliphatic rings. The summed E-state index contributed by atoms with van der Waals surface area (Å²) in [4.78, 5) is 41.0. The van der Waals surface area contributed by atoms with Crippen molar-refractivity contribution in [2.45, 2.75) is 56.0 Å². The zero-order valence-corrected chi connectivity index (χ0v) is 22.2. The van der Waals surface area contributed by atoms with E-state index < -0.39 is 0 Å². The van der Waals surface area contributed by atoms with Crippen LogP contribution in [0.4, 0.5) is 10.6 Å². The molecule has 2 aliphatic carbocycles. The van der Waals surface area contributed by atoms with Gasteiger partial charge in [-0.05, 0) is 64.1 Å². The number of benzene rings is 1. The molecule has 3 amide bonds. The zero-order chi connectivity index (χ0) is 26.0. The molecule has 1 aromatic heterocycles. The Balaban J connectivity index is 1.34. The van der Waals surface area contributed by atoms with E-state index in [1.165, 1.54) is 44.5 Å². The third-order valence-corrected chi connectivity index (χ3v) is 8.89. The normalized spacial score (nSPS) is 26.0. The van der Waals surface area contributed by atoms with Gasteiger partial charge in [0.1, 0.15) is 12.9 Å². The van der Waals surface area contributed by atoms with Crippen LogP contribution in [0.25, 0.3) is 0 Å². The van der Waals surface area contributed by atoms with Gasteiger partial charge in [0.2, 0.25) is 5.91 Å². The number of urea groups is 1. The number of nitrogens with one attached hydrogen (secondary N) is 1. The molecule has 2 aromatic rings. The van der Waals surface area contributed by atoms with Crippen LogP contribution in [0, 0.1) is 5.92 Å². The maximum absolute atomic E-state index is 13.7. The Kier molecular flexibility index (Phi) is 7.07. The van der Waals surface area contributed by atoms with Crippen molar-refractivity contribution < 1.29 is 14.3 Å². The molecule has 1 aromatic carbocycles. The summed E-state index contributed by atoms with van der Waals surface area (Å²) in [7, 11) is 5.83. The van der Waals surface area contributed by atoms with Gasteiger partial charge >= 0.3 is 6.03 Å². The number of carbonyl (C=O) groups excluding carboxylic acids is 2. The van der Waals surface area contributed by atoms with Crippen molar-refractivity contribution in [1.29, 1.82) is 0 Å². The fraction of sp³-hybridized carbons (Fsp3) is 0.571. The highest BCUT2D eigenvalue weighted by Crippen LogP contribution is 2.49. The summed E-state index contributed by atoms with van der Waals surface area (Å²) in [6.45, 7) is 1.36. The van der Waals surface area contributed by atoms with E-state index in [0.29, 0.717) is 24.0 Å². The molecule has 1 saturated heterocycles. The number of ether oxygens (including phenoxy) is 1. The zero-order valence-electron chi connectivity index (χ0n) is 22.2. The summed E-state index contributed by atoms with van der Waals surface area (Å²) >= 11 is 0. The van der Waals surface area contributed by atoms with E-state index in [0.717, 1.165) is 32.2 Å². The molecule has 9 heteroatoms. The number of hydrogen-bond donors (Lipinski definition) is 1. The molecule has 1 aliphatic heterocycles. The lowest BCUT2D eigenvalue weighted by atomic mass is 9.68. The molecule has 198 valence electrons. The van der Waals surface area contributed by atoms with E-state index >= 15 is 0 Å². The third kappa shape index (κ3) is 4.77. The first-order chi connectivity index (χ1) is 17.9. The van der Waals surface area contributed by atoms with Crippen LogP contribution in [0.5, 0.6) is 5.75 Å². The SMILES string of the molecule is COc1cncnc1NC(=O)CN1C[C@]2(CC[C@](c3ccccc3)(N(C)C)CC2)N(CC2CCC2)C1=O. The molecule has 0 unspecified atom stereocenters. The Morgan fingerprint density at radius 1 is 1.16 bits per heavy atom. The maximum Gasteiger partial charge on any atom is 0.321 e. The van der Waals surface area contributed by atoms with Crippen molar-refractivity contribution in [3.8, 4) is 5.75 Å². The largest absolute Gasteiger partial charge is 0.491 e. The van der Waals surface area contributed by atoms with Crippen LogP contribution in [-0.4, -0.2) is 83.0 Å². The van der Waals surface area contributed by atoms with Crippen molar-refractivity contribution in [2.75, 3.05) is 46.2 Å². The smallest absolute Gasteiger partial charge is 0.321 e. The Bertz CT molecular complexity index is 1110. The average Bonchev–Trinajstić information content (AvgIpc) is 3.12. The first kappa shape index (κ1) is 25.4. The van der Waals surface area contributed by atoms with Gasteiger partial charge in [-0.15, -0.1) is 0 Å². The molecule has 9 nitrogen and oxygen atoms in total. The Hall–Kier alpha value is -3.20. The van der Waals surface area contributed by atoms with Gasteiger partial charge in [-0.3, -0.25) is 9.69 Å². The highest BCUT2D eigenvalue weighted by atomic mass is 16.5. The molecule has 1 spiro atoms. The fourth-order valence-electron chi connectivity index (χ4n) is 6.42. The van der Waals surface area contributed by atoms with E-state index in [-0.39, 0.29) is 29.6 Å². The second-order valence-electron chi connectivity index (χ2n) is 11.1. The van der Waals surface area contributed by atoms with Crippen LogP contribution >= 0.6 is 0 Å². The first-order valence-corrected chi connectivity index (χ1v) is 13.3. The predicted octanol–water partition coefficient (Wildman–Crippen LogP) is 3.73. The van der Waals surface area contributed by atoms with Crippen LogP contribution in [-0.2, 0) is 10.3 Å². The van der Waals surface area contributed by atoms with Gasteiger partial charge in [-0.1, -0.05) is 36.8 Å². The van der Waals surface area contributed by atoms with E-state index in [1.807, 2.05) is 0 Å². The third-order valence-electron chi connectivity index (χ3n) is 8.89.